The van der Waals surface area contributed by atoms with Gasteiger partial charge in [-0.1, -0.05) is 23.2 Å². The Labute approximate surface area is 171 Å². The fourth-order valence-electron chi connectivity index (χ4n) is 3.62. The molecule has 2 aliphatic heterocycles. The van der Waals surface area contributed by atoms with E-state index in [-0.39, 0.29) is 5.91 Å². The van der Waals surface area contributed by atoms with Crippen LogP contribution in [-0.2, 0) is 4.79 Å². The first kappa shape index (κ1) is 20.4. The van der Waals surface area contributed by atoms with Gasteiger partial charge in [0.25, 0.3) is 0 Å². The summed E-state index contributed by atoms with van der Waals surface area (Å²) in [6.45, 7) is 4.23. The molecule has 0 aromatic heterocycles. The maximum Gasteiger partial charge on any atom is 0.239 e. The minimum absolute atomic E-state index is 0.01000. The van der Waals surface area contributed by atoms with E-state index >= 15 is 0 Å². The lowest BCUT2D eigenvalue weighted by Gasteiger charge is -2.32. The molecular weight excluding hydrogens is 385 g/mol. The molecule has 1 fully saturated rings. The van der Waals surface area contributed by atoms with E-state index in [0.717, 1.165) is 44.1 Å². The number of carbonyl (C=O) groups excluding carboxylic acids is 1. The Bertz CT molecular complexity index is 701. The molecule has 8 heteroatoms. The Morgan fingerprint density at radius 2 is 1.96 bits per heavy atom. The van der Waals surface area contributed by atoms with Crippen molar-refractivity contribution in [1.29, 1.82) is 0 Å². The maximum atomic E-state index is 12.4. The van der Waals surface area contributed by atoms with Crippen molar-refractivity contribution in [3.8, 4) is 0 Å². The van der Waals surface area contributed by atoms with Gasteiger partial charge in [-0.3, -0.25) is 14.7 Å². The first-order valence-electron chi connectivity index (χ1n) is 9.37. The molecule has 0 saturated carbocycles. The number of nitrogens with one attached hydrogen (secondary N) is 1. The highest BCUT2D eigenvalue weighted by Gasteiger charge is 2.23. The van der Waals surface area contributed by atoms with E-state index in [9.17, 15) is 4.79 Å². The second kappa shape index (κ2) is 9.24. The second-order valence-electron chi connectivity index (χ2n) is 7.55. The predicted molar refractivity (Wildman–Crippen MR) is 112 cm³/mol. The van der Waals surface area contributed by atoms with E-state index in [1.54, 1.807) is 12.1 Å². The first-order chi connectivity index (χ1) is 12.9. The number of nitrogens with zero attached hydrogens (tertiary/aromatic N) is 4. The third kappa shape index (κ3) is 5.82. The van der Waals surface area contributed by atoms with Crippen LogP contribution in [0.15, 0.2) is 23.3 Å². The van der Waals surface area contributed by atoms with Crippen molar-refractivity contribution in [2.24, 2.45) is 11.0 Å². The summed E-state index contributed by atoms with van der Waals surface area (Å²) in [7, 11) is 4.23. The summed E-state index contributed by atoms with van der Waals surface area (Å²) >= 11 is 12.0. The Balaban J connectivity index is 1.46. The summed E-state index contributed by atoms with van der Waals surface area (Å²) in [4.78, 5) is 16.8. The summed E-state index contributed by atoms with van der Waals surface area (Å²) in [6, 6.07) is 5.42. The Morgan fingerprint density at radius 1 is 1.22 bits per heavy atom. The molecule has 1 saturated heterocycles. The molecule has 0 unspecified atom stereocenters. The van der Waals surface area contributed by atoms with Gasteiger partial charge in [0.1, 0.15) is 5.84 Å². The van der Waals surface area contributed by atoms with Crippen molar-refractivity contribution < 1.29 is 4.79 Å². The van der Waals surface area contributed by atoms with Crippen molar-refractivity contribution in [3.05, 3.63) is 28.2 Å². The van der Waals surface area contributed by atoms with Gasteiger partial charge in [-0.2, -0.15) is 5.10 Å². The van der Waals surface area contributed by atoms with E-state index in [1.807, 2.05) is 11.1 Å². The number of amides is 1. The Hall–Kier alpha value is -1.34. The van der Waals surface area contributed by atoms with Crippen molar-refractivity contribution in [1.82, 2.24) is 15.1 Å². The largest absolute Gasteiger partial charge is 0.312 e. The average Bonchev–Trinajstić information content (AvgIpc) is 3.07. The molecule has 1 N–H and O–H groups in total. The van der Waals surface area contributed by atoms with Crippen molar-refractivity contribution in [2.45, 2.75) is 19.3 Å². The van der Waals surface area contributed by atoms with Gasteiger partial charge >= 0.3 is 0 Å². The molecule has 2 aliphatic rings. The highest BCUT2D eigenvalue weighted by atomic mass is 35.5. The molecule has 3 rings (SSSR count). The standard InChI is InChI=1S/C19H27Cl2N5O/c1-24(2)12-14-5-8-25(9-6-14)13-19(27)22-18-7-10-26(23-18)15-3-4-16(20)17(21)11-15/h3-4,11,14H,5-10,12-13H2,1-2H3,(H,22,23,27). The number of hydrogen-bond donors (Lipinski definition) is 1. The number of likely N-dealkylation sites (tertiary alicyclic amines) is 1. The Kier molecular flexibility index (Phi) is 6.98. The molecule has 0 radical (unpaired) electrons. The van der Waals surface area contributed by atoms with Gasteiger partial charge in [0.05, 0.1) is 22.3 Å². The fourth-order valence-corrected chi connectivity index (χ4v) is 3.92. The minimum atomic E-state index is 0.01000. The molecule has 0 spiro atoms. The van der Waals surface area contributed by atoms with Crippen LogP contribution in [-0.4, -0.2) is 68.4 Å². The highest BCUT2D eigenvalue weighted by molar-refractivity contribution is 6.42. The van der Waals surface area contributed by atoms with Gasteiger partial charge in [0.15, 0.2) is 0 Å². The number of hydrazone groups is 1. The lowest BCUT2D eigenvalue weighted by molar-refractivity contribution is -0.121. The van der Waals surface area contributed by atoms with Crippen molar-refractivity contribution >= 4 is 40.6 Å². The van der Waals surface area contributed by atoms with Crippen LogP contribution in [0.1, 0.15) is 19.3 Å². The van der Waals surface area contributed by atoms with Crippen LogP contribution < -0.4 is 10.3 Å². The van der Waals surface area contributed by atoms with E-state index in [1.165, 1.54) is 0 Å². The van der Waals surface area contributed by atoms with Crippen LogP contribution >= 0.6 is 23.2 Å². The molecule has 0 aliphatic carbocycles. The van der Waals surface area contributed by atoms with Gasteiger partial charge < -0.3 is 10.2 Å². The number of halogens is 2. The zero-order valence-corrected chi connectivity index (χ0v) is 17.4. The maximum absolute atomic E-state index is 12.4. The SMILES string of the molecule is CN(C)CC1CCN(CC(=O)NC2=NN(c3ccc(Cl)c(Cl)c3)CC2)CC1. The van der Waals surface area contributed by atoms with Gasteiger partial charge in [-0.15, -0.1) is 0 Å². The zero-order chi connectivity index (χ0) is 19.4. The zero-order valence-electron chi connectivity index (χ0n) is 15.9. The molecule has 6 nitrogen and oxygen atoms in total. The molecule has 148 valence electrons. The molecule has 0 atom stereocenters. The molecule has 1 amide bonds. The van der Waals surface area contributed by atoms with Gasteiger partial charge in [-0.05, 0) is 64.1 Å². The minimum Gasteiger partial charge on any atom is -0.312 e. The van der Waals surface area contributed by atoms with Crippen molar-refractivity contribution in [2.75, 3.05) is 51.8 Å². The van der Waals surface area contributed by atoms with E-state index in [0.29, 0.717) is 35.4 Å². The Morgan fingerprint density at radius 3 is 2.63 bits per heavy atom. The summed E-state index contributed by atoms with van der Waals surface area (Å²) in [5, 5.41) is 10.3. The van der Waals surface area contributed by atoms with Crippen LogP contribution in [0.4, 0.5) is 5.69 Å². The number of carbonyl (C=O) groups is 1. The van der Waals surface area contributed by atoms with Crippen LogP contribution in [0.25, 0.3) is 0 Å². The summed E-state index contributed by atoms with van der Waals surface area (Å²) in [5.41, 5.74) is 0.872. The average molecular weight is 412 g/mol. The third-order valence-corrected chi connectivity index (χ3v) is 5.72. The number of benzene rings is 1. The second-order valence-corrected chi connectivity index (χ2v) is 8.36. The number of amidine groups is 1. The normalized spacial score (nSPS) is 18.9. The first-order valence-corrected chi connectivity index (χ1v) is 10.1. The topological polar surface area (TPSA) is 51.2 Å². The molecule has 27 heavy (non-hydrogen) atoms. The smallest absolute Gasteiger partial charge is 0.239 e. The summed E-state index contributed by atoms with van der Waals surface area (Å²) < 4.78 is 0. The number of hydrogen-bond acceptors (Lipinski definition) is 5. The lowest BCUT2D eigenvalue weighted by atomic mass is 9.96. The van der Waals surface area contributed by atoms with Crippen LogP contribution in [0.5, 0.6) is 0 Å². The molecule has 1 aromatic carbocycles. The molecular formula is C19H27Cl2N5O. The van der Waals surface area contributed by atoms with E-state index < -0.39 is 0 Å². The molecule has 2 heterocycles. The molecule has 0 bridgehead atoms. The monoisotopic (exact) mass is 411 g/mol. The van der Waals surface area contributed by atoms with Crippen molar-refractivity contribution in [3.63, 3.8) is 0 Å². The van der Waals surface area contributed by atoms with Gasteiger partial charge in [0.2, 0.25) is 5.91 Å². The number of rotatable bonds is 5. The van der Waals surface area contributed by atoms with Gasteiger partial charge in [0, 0.05) is 19.5 Å². The third-order valence-electron chi connectivity index (χ3n) is 4.98. The number of piperidine rings is 1. The van der Waals surface area contributed by atoms with E-state index in [2.05, 4.69) is 34.3 Å². The summed E-state index contributed by atoms with van der Waals surface area (Å²) in [5.74, 6) is 1.45. The predicted octanol–water partition coefficient (Wildman–Crippen LogP) is 2.91. The highest BCUT2D eigenvalue weighted by Crippen LogP contribution is 2.28. The van der Waals surface area contributed by atoms with Gasteiger partial charge in [-0.25, -0.2) is 0 Å². The quantitative estimate of drug-likeness (QED) is 0.808. The molecule has 1 aromatic rings. The number of anilines is 1. The lowest BCUT2D eigenvalue weighted by Crippen LogP contribution is -2.44. The van der Waals surface area contributed by atoms with E-state index in [4.69, 9.17) is 23.2 Å². The summed E-state index contributed by atoms with van der Waals surface area (Å²) in [6.07, 6.45) is 3.01. The fraction of sp³-hybridized carbons (Fsp3) is 0.579. The van der Waals surface area contributed by atoms with Crippen LogP contribution in [0.2, 0.25) is 10.0 Å². The van der Waals surface area contributed by atoms with Crippen LogP contribution in [0.3, 0.4) is 0 Å². The van der Waals surface area contributed by atoms with Crippen LogP contribution in [0, 0.1) is 5.92 Å².